The highest BCUT2D eigenvalue weighted by atomic mass is 32.2. The summed E-state index contributed by atoms with van der Waals surface area (Å²) in [5, 5.41) is 18.4. The summed E-state index contributed by atoms with van der Waals surface area (Å²) in [6.45, 7) is 4.87. The van der Waals surface area contributed by atoms with Crippen LogP contribution in [0.15, 0.2) is 78.3 Å². The number of rotatable bonds is 6. The lowest BCUT2D eigenvalue weighted by molar-refractivity contribution is 0.249. The van der Waals surface area contributed by atoms with E-state index < -0.39 is 0 Å². The van der Waals surface area contributed by atoms with Crippen LogP contribution in [-0.4, -0.2) is 61.7 Å². The summed E-state index contributed by atoms with van der Waals surface area (Å²) in [6, 6.07) is 17.4. The molecule has 0 atom stereocenters. The zero-order valence-corrected chi connectivity index (χ0v) is 22.3. The molecule has 0 unspecified atom stereocenters. The van der Waals surface area contributed by atoms with E-state index in [0.717, 1.165) is 66.3 Å². The number of aryl methyl sites for hydroxylation is 1. The van der Waals surface area contributed by atoms with Gasteiger partial charge >= 0.3 is 0 Å². The van der Waals surface area contributed by atoms with E-state index in [1.54, 1.807) is 27.2 Å². The van der Waals surface area contributed by atoms with Gasteiger partial charge in [-0.05, 0) is 42.2 Å². The van der Waals surface area contributed by atoms with E-state index in [2.05, 4.69) is 74.8 Å². The van der Waals surface area contributed by atoms with E-state index >= 15 is 0 Å². The minimum atomic E-state index is 0.543. The minimum absolute atomic E-state index is 0.543. The molecular weight excluding hydrogens is 492 g/mol. The highest BCUT2D eigenvalue weighted by Gasteiger charge is 2.19. The van der Waals surface area contributed by atoms with Gasteiger partial charge in [0, 0.05) is 85.5 Å². The summed E-state index contributed by atoms with van der Waals surface area (Å²) >= 11 is 1.77. The van der Waals surface area contributed by atoms with Crippen molar-refractivity contribution in [3.05, 3.63) is 84.6 Å². The van der Waals surface area contributed by atoms with Crippen LogP contribution in [0.1, 0.15) is 11.1 Å². The Morgan fingerprint density at radius 1 is 0.895 bits per heavy atom. The topological polar surface area (TPSA) is 78.3 Å². The predicted molar refractivity (Wildman–Crippen MR) is 151 cm³/mol. The normalized spacial score (nSPS) is 14.2. The van der Waals surface area contributed by atoms with Gasteiger partial charge in [-0.2, -0.15) is 15.5 Å². The monoisotopic (exact) mass is 520 g/mol. The summed E-state index contributed by atoms with van der Waals surface area (Å²) in [7, 11) is 1.90. The molecule has 1 aliphatic rings. The van der Waals surface area contributed by atoms with Crippen molar-refractivity contribution >= 4 is 23.1 Å². The molecule has 0 aliphatic carbocycles. The molecule has 0 N–H and O–H groups in total. The molecule has 4 aromatic heterocycles. The van der Waals surface area contributed by atoms with Crippen molar-refractivity contribution in [2.45, 2.75) is 11.4 Å². The molecule has 1 saturated heterocycles. The number of benzene rings is 1. The Morgan fingerprint density at radius 2 is 1.71 bits per heavy atom. The number of hydrogen-bond acceptors (Lipinski definition) is 7. The number of thioether (sulfide) groups is 1. The highest BCUT2D eigenvalue weighted by molar-refractivity contribution is 7.98. The number of pyridine rings is 2. The molecular formula is C29H28N8S. The molecule has 0 spiro atoms. The van der Waals surface area contributed by atoms with Crippen LogP contribution >= 0.6 is 11.8 Å². The molecule has 9 heteroatoms. The van der Waals surface area contributed by atoms with Gasteiger partial charge in [0.05, 0.1) is 23.5 Å². The van der Waals surface area contributed by atoms with Crippen LogP contribution in [0.25, 0.3) is 27.8 Å². The predicted octanol–water partition coefficient (Wildman–Crippen LogP) is 4.71. The SMILES string of the molecule is CSc1ccc(CN2CCN(c3ccc(-c4cc(-c5cnn(C)c5)cn5ncc(C#N)c45)cn3)CC2)cc1. The molecule has 1 aliphatic heterocycles. The van der Waals surface area contributed by atoms with Crippen LogP contribution in [-0.2, 0) is 13.6 Å². The molecule has 0 saturated carbocycles. The fourth-order valence-electron chi connectivity index (χ4n) is 5.01. The third-order valence-corrected chi connectivity index (χ3v) is 7.83. The average Bonchev–Trinajstić information content (AvgIpc) is 3.59. The zero-order valence-electron chi connectivity index (χ0n) is 21.4. The first kappa shape index (κ1) is 24.2. The third-order valence-electron chi connectivity index (χ3n) is 7.09. The largest absolute Gasteiger partial charge is 0.354 e. The Bertz CT molecular complexity index is 1600. The van der Waals surface area contributed by atoms with E-state index in [4.69, 9.17) is 4.98 Å². The van der Waals surface area contributed by atoms with Crippen LogP contribution < -0.4 is 4.90 Å². The Labute approximate surface area is 226 Å². The van der Waals surface area contributed by atoms with Crippen molar-refractivity contribution in [3.63, 3.8) is 0 Å². The van der Waals surface area contributed by atoms with Crippen molar-refractivity contribution in [1.29, 1.82) is 5.26 Å². The fraction of sp³-hybridized carbons (Fsp3) is 0.241. The van der Waals surface area contributed by atoms with Gasteiger partial charge in [0.25, 0.3) is 0 Å². The Kier molecular flexibility index (Phi) is 6.58. The van der Waals surface area contributed by atoms with Crippen molar-refractivity contribution < 1.29 is 0 Å². The maximum atomic E-state index is 9.69. The average molecular weight is 521 g/mol. The second-order valence-corrected chi connectivity index (χ2v) is 10.4. The molecule has 6 rings (SSSR count). The molecule has 1 fully saturated rings. The number of nitrogens with zero attached hydrogens (tertiary/aromatic N) is 8. The highest BCUT2D eigenvalue weighted by Crippen LogP contribution is 2.32. The van der Waals surface area contributed by atoms with E-state index in [0.29, 0.717) is 5.56 Å². The van der Waals surface area contributed by atoms with E-state index in [9.17, 15) is 5.26 Å². The van der Waals surface area contributed by atoms with Crippen LogP contribution in [0.4, 0.5) is 5.82 Å². The van der Waals surface area contributed by atoms with E-state index in [1.807, 2.05) is 31.8 Å². The zero-order chi connectivity index (χ0) is 26.1. The first-order valence-corrected chi connectivity index (χ1v) is 13.8. The van der Waals surface area contributed by atoms with Crippen molar-refractivity contribution in [2.24, 2.45) is 7.05 Å². The number of piperazine rings is 1. The van der Waals surface area contributed by atoms with Gasteiger partial charge in [-0.3, -0.25) is 9.58 Å². The van der Waals surface area contributed by atoms with Gasteiger partial charge in [0.15, 0.2) is 0 Å². The third kappa shape index (κ3) is 4.76. The van der Waals surface area contributed by atoms with Gasteiger partial charge in [-0.1, -0.05) is 12.1 Å². The summed E-state index contributed by atoms with van der Waals surface area (Å²) < 4.78 is 3.55. The van der Waals surface area contributed by atoms with E-state index in [1.165, 1.54) is 10.5 Å². The standard InChI is InChI=1S/C29H28N8S/c1-34-19-25(17-32-34)23-13-27(29-24(14-30)16-33-37(29)20-23)22-5-8-28(31-15-22)36-11-9-35(10-12-36)18-21-3-6-26(38-2)7-4-21/h3-8,13,15-17,19-20H,9-12,18H2,1-2H3. The van der Waals surface area contributed by atoms with Crippen LogP contribution in [0.3, 0.4) is 0 Å². The van der Waals surface area contributed by atoms with Gasteiger partial charge in [0.2, 0.25) is 0 Å². The Hall–Kier alpha value is -4.13. The Morgan fingerprint density at radius 3 is 2.37 bits per heavy atom. The molecule has 8 nitrogen and oxygen atoms in total. The summed E-state index contributed by atoms with van der Waals surface area (Å²) in [5.41, 5.74) is 6.54. The smallest absolute Gasteiger partial charge is 0.128 e. The number of nitriles is 1. The summed E-state index contributed by atoms with van der Waals surface area (Å²) in [4.78, 5) is 11.0. The maximum Gasteiger partial charge on any atom is 0.128 e. The lowest BCUT2D eigenvalue weighted by atomic mass is 10.0. The Balaban J connectivity index is 1.21. The van der Waals surface area contributed by atoms with Crippen LogP contribution in [0.2, 0.25) is 0 Å². The molecule has 0 amide bonds. The molecule has 190 valence electrons. The van der Waals surface area contributed by atoms with Crippen molar-refractivity contribution in [1.82, 2.24) is 29.3 Å². The van der Waals surface area contributed by atoms with Crippen molar-refractivity contribution in [3.8, 4) is 28.3 Å². The first-order chi connectivity index (χ1) is 18.6. The lowest BCUT2D eigenvalue weighted by Crippen LogP contribution is -2.46. The maximum absolute atomic E-state index is 9.69. The minimum Gasteiger partial charge on any atom is -0.354 e. The fourth-order valence-corrected chi connectivity index (χ4v) is 5.42. The van der Waals surface area contributed by atoms with Gasteiger partial charge in [-0.15, -0.1) is 11.8 Å². The number of aromatic nitrogens is 5. The second-order valence-electron chi connectivity index (χ2n) is 9.52. The summed E-state index contributed by atoms with van der Waals surface area (Å²) in [5.74, 6) is 0.978. The number of fused-ring (bicyclic) bond motifs is 1. The molecule has 0 bridgehead atoms. The van der Waals surface area contributed by atoms with Gasteiger partial charge < -0.3 is 4.90 Å². The second kappa shape index (κ2) is 10.3. The molecule has 1 aromatic carbocycles. The first-order valence-electron chi connectivity index (χ1n) is 12.6. The molecule has 0 radical (unpaired) electrons. The molecule has 5 heterocycles. The van der Waals surface area contributed by atoms with Gasteiger partial charge in [0.1, 0.15) is 11.9 Å². The van der Waals surface area contributed by atoms with Crippen molar-refractivity contribution in [2.75, 3.05) is 37.3 Å². The van der Waals surface area contributed by atoms with Gasteiger partial charge in [-0.25, -0.2) is 9.50 Å². The quantitative estimate of drug-likeness (QED) is 0.300. The summed E-state index contributed by atoms with van der Waals surface area (Å²) in [6.07, 6.45) is 11.4. The number of hydrogen-bond donors (Lipinski definition) is 0. The lowest BCUT2D eigenvalue weighted by Gasteiger charge is -2.35. The van der Waals surface area contributed by atoms with Crippen LogP contribution in [0, 0.1) is 11.3 Å². The van der Waals surface area contributed by atoms with Crippen LogP contribution in [0.5, 0.6) is 0 Å². The molecule has 5 aromatic rings. The molecule has 38 heavy (non-hydrogen) atoms. The van der Waals surface area contributed by atoms with E-state index in [-0.39, 0.29) is 0 Å². The number of anilines is 1.